The number of carbonyl (C=O) groups is 1. The maximum atomic E-state index is 12.6. The SMILES string of the molecule is O=C(NC(c1ccccc1)c1ccccn1)c1ccc([N+](=O)[O-])cc1. The van der Waals surface area contributed by atoms with E-state index in [1.807, 2.05) is 48.5 Å². The Labute approximate surface area is 144 Å². The van der Waals surface area contributed by atoms with Crippen LogP contribution in [0.25, 0.3) is 0 Å². The van der Waals surface area contributed by atoms with Gasteiger partial charge < -0.3 is 5.32 Å². The van der Waals surface area contributed by atoms with E-state index in [1.165, 1.54) is 24.3 Å². The smallest absolute Gasteiger partial charge is 0.269 e. The summed E-state index contributed by atoms with van der Waals surface area (Å²) in [5.41, 5.74) is 1.91. The summed E-state index contributed by atoms with van der Waals surface area (Å²) in [4.78, 5) is 27.1. The Morgan fingerprint density at radius 1 is 0.960 bits per heavy atom. The molecular formula is C19H15N3O3. The molecule has 0 spiro atoms. The van der Waals surface area contributed by atoms with Crippen LogP contribution in [0.1, 0.15) is 27.7 Å². The van der Waals surface area contributed by atoms with Gasteiger partial charge in [0.05, 0.1) is 16.7 Å². The molecule has 1 N–H and O–H groups in total. The van der Waals surface area contributed by atoms with Crippen molar-refractivity contribution in [1.29, 1.82) is 0 Å². The highest BCUT2D eigenvalue weighted by Gasteiger charge is 2.19. The minimum absolute atomic E-state index is 0.0547. The van der Waals surface area contributed by atoms with Gasteiger partial charge >= 0.3 is 0 Å². The second-order valence-corrected chi connectivity index (χ2v) is 5.38. The molecule has 0 aliphatic heterocycles. The summed E-state index contributed by atoms with van der Waals surface area (Å²) in [6.07, 6.45) is 1.67. The van der Waals surface area contributed by atoms with Crippen LogP contribution in [0.4, 0.5) is 5.69 Å². The van der Waals surface area contributed by atoms with Crippen molar-refractivity contribution in [2.75, 3.05) is 0 Å². The number of benzene rings is 2. The number of nitro groups is 1. The molecule has 0 fully saturated rings. The topological polar surface area (TPSA) is 85.1 Å². The largest absolute Gasteiger partial charge is 0.340 e. The Balaban J connectivity index is 1.87. The molecule has 0 saturated carbocycles. The van der Waals surface area contributed by atoms with Gasteiger partial charge in [0, 0.05) is 23.9 Å². The van der Waals surface area contributed by atoms with Gasteiger partial charge in [-0.15, -0.1) is 0 Å². The highest BCUT2D eigenvalue weighted by atomic mass is 16.6. The molecule has 1 atom stereocenters. The summed E-state index contributed by atoms with van der Waals surface area (Å²) >= 11 is 0. The van der Waals surface area contributed by atoms with Crippen LogP contribution in [0.15, 0.2) is 79.0 Å². The number of nitrogens with zero attached hydrogens (tertiary/aromatic N) is 2. The number of hydrogen-bond acceptors (Lipinski definition) is 4. The van der Waals surface area contributed by atoms with Gasteiger partial charge in [0.15, 0.2) is 0 Å². The van der Waals surface area contributed by atoms with Gasteiger partial charge in [0.25, 0.3) is 11.6 Å². The van der Waals surface area contributed by atoms with Gasteiger partial charge in [-0.2, -0.15) is 0 Å². The predicted molar refractivity (Wildman–Crippen MR) is 93.1 cm³/mol. The Morgan fingerprint density at radius 3 is 2.24 bits per heavy atom. The number of carbonyl (C=O) groups excluding carboxylic acids is 1. The molecule has 0 bridgehead atoms. The van der Waals surface area contributed by atoms with Crippen LogP contribution >= 0.6 is 0 Å². The van der Waals surface area contributed by atoms with Crippen molar-refractivity contribution >= 4 is 11.6 Å². The van der Waals surface area contributed by atoms with E-state index >= 15 is 0 Å². The molecule has 1 heterocycles. The number of nitro benzene ring substituents is 1. The third kappa shape index (κ3) is 3.87. The van der Waals surface area contributed by atoms with Gasteiger partial charge in [-0.05, 0) is 29.8 Å². The predicted octanol–water partition coefficient (Wildman–Crippen LogP) is 3.51. The fourth-order valence-corrected chi connectivity index (χ4v) is 2.47. The van der Waals surface area contributed by atoms with Crippen LogP contribution in [0.3, 0.4) is 0 Å². The molecule has 0 aliphatic rings. The van der Waals surface area contributed by atoms with E-state index in [0.717, 1.165) is 5.56 Å². The molecule has 124 valence electrons. The zero-order chi connectivity index (χ0) is 17.6. The summed E-state index contributed by atoms with van der Waals surface area (Å²) in [5.74, 6) is -0.325. The van der Waals surface area contributed by atoms with E-state index < -0.39 is 11.0 Å². The quantitative estimate of drug-likeness (QED) is 0.572. The average Bonchev–Trinajstić information content (AvgIpc) is 2.67. The summed E-state index contributed by atoms with van der Waals surface area (Å²) in [6.45, 7) is 0. The standard InChI is InChI=1S/C19H15N3O3/c23-19(15-9-11-16(12-10-15)22(24)25)21-18(14-6-2-1-3-7-14)17-8-4-5-13-20-17/h1-13,18H,(H,21,23). The molecule has 6 nitrogen and oxygen atoms in total. The van der Waals surface area contributed by atoms with Crippen molar-refractivity contribution in [3.8, 4) is 0 Å². The van der Waals surface area contributed by atoms with Crippen LogP contribution in [-0.4, -0.2) is 15.8 Å². The number of hydrogen-bond donors (Lipinski definition) is 1. The molecule has 3 aromatic rings. The van der Waals surface area contributed by atoms with E-state index in [0.29, 0.717) is 11.3 Å². The van der Waals surface area contributed by atoms with Crippen molar-refractivity contribution in [2.45, 2.75) is 6.04 Å². The first kappa shape index (κ1) is 16.3. The Kier molecular flexibility index (Phi) is 4.80. The summed E-state index contributed by atoms with van der Waals surface area (Å²) in [6, 6.07) is 20.1. The second kappa shape index (κ2) is 7.35. The number of aromatic nitrogens is 1. The molecule has 1 aromatic heterocycles. The van der Waals surface area contributed by atoms with Crippen LogP contribution < -0.4 is 5.32 Å². The van der Waals surface area contributed by atoms with Gasteiger partial charge in [-0.25, -0.2) is 0 Å². The summed E-state index contributed by atoms with van der Waals surface area (Å²) in [5, 5.41) is 13.7. The van der Waals surface area contributed by atoms with Crippen LogP contribution in [-0.2, 0) is 0 Å². The molecular weight excluding hydrogens is 318 g/mol. The summed E-state index contributed by atoms with van der Waals surface area (Å²) < 4.78 is 0. The van der Waals surface area contributed by atoms with Crippen molar-refractivity contribution in [3.63, 3.8) is 0 Å². The number of non-ortho nitro benzene ring substituents is 1. The highest BCUT2D eigenvalue weighted by Crippen LogP contribution is 2.21. The first-order valence-corrected chi connectivity index (χ1v) is 7.66. The van der Waals surface area contributed by atoms with Gasteiger partial charge in [-0.1, -0.05) is 36.4 Å². The second-order valence-electron chi connectivity index (χ2n) is 5.38. The van der Waals surface area contributed by atoms with E-state index in [9.17, 15) is 14.9 Å². The van der Waals surface area contributed by atoms with Crippen LogP contribution in [0.5, 0.6) is 0 Å². The minimum Gasteiger partial charge on any atom is -0.340 e. The fourth-order valence-electron chi connectivity index (χ4n) is 2.47. The minimum atomic E-state index is -0.498. The van der Waals surface area contributed by atoms with E-state index in [4.69, 9.17) is 0 Å². The molecule has 0 aliphatic carbocycles. The lowest BCUT2D eigenvalue weighted by atomic mass is 10.0. The lowest BCUT2D eigenvalue weighted by Crippen LogP contribution is -2.29. The molecule has 2 aromatic carbocycles. The first-order valence-electron chi connectivity index (χ1n) is 7.66. The number of amides is 1. The molecule has 25 heavy (non-hydrogen) atoms. The number of pyridine rings is 1. The van der Waals surface area contributed by atoms with Crippen LogP contribution in [0.2, 0.25) is 0 Å². The van der Waals surface area contributed by atoms with Gasteiger partial charge in [0.1, 0.15) is 0 Å². The first-order chi connectivity index (χ1) is 12.1. The molecule has 1 amide bonds. The Morgan fingerprint density at radius 2 is 1.64 bits per heavy atom. The number of rotatable bonds is 5. The number of nitrogens with one attached hydrogen (secondary N) is 1. The maximum absolute atomic E-state index is 12.6. The summed E-state index contributed by atoms with van der Waals surface area (Å²) in [7, 11) is 0. The zero-order valence-electron chi connectivity index (χ0n) is 13.2. The maximum Gasteiger partial charge on any atom is 0.269 e. The molecule has 6 heteroatoms. The zero-order valence-corrected chi connectivity index (χ0v) is 13.2. The molecule has 0 saturated heterocycles. The van der Waals surface area contributed by atoms with E-state index in [2.05, 4.69) is 10.3 Å². The molecule has 0 radical (unpaired) electrons. The van der Waals surface area contributed by atoms with Gasteiger partial charge in [-0.3, -0.25) is 19.9 Å². The van der Waals surface area contributed by atoms with Crippen molar-refractivity contribution < 1.29 is 9.72 Å². The fraction of sp³-hybridized carbons (Fsp3) is 0.0526. The lowest BCUT2D eigenvalue weighted by molar-refractivity contribution is -0.384. The monoisotopic (exact) mass is 333 g/mol. The third-order valence-electron chi connectivity index (χ3n) is 3.73. The van der Waals surface area contributed by atoms with Crippen molar-refractivity contribution in [2.24, 2.45) is 0 Å². The van der Waals surface area contributed by atoms with E-state index in [1.54, 1.807) is 6.20 Å². The molecule has 1 unspecified atom stereocenters. The van der Waals surface area contributed by atoms with Crippen molar-refractivity contribution in [1.82, 2.24) is 10.3 Å². The van der Waals surface area contributed by atoms with Crippen LogP contribution in [0, 0.1) is 10.1 Å². The third-order valence-corrected chi connectivity index (χ3v) is 3.73. The highest BCUT2D eigenvalue weighted by molar-refractivity contribution is 5.94. The van der Waals surface area contributed by atoms with Crippen molar-refractivity contribution in [3.05, 3.63) is 106 Å². The lowest BCUT2D eigenvalue weighted by Gasteiger charge is -2.19. The van der Waals surface area contributed by atoms with Gasteiger partial charge in [0.2, 0.25) is 0 Å². The Hall–Kier alpha value is -3.54. The normalized spacial score (nSPS) is 11.5. The van der Waals surface area contributed by atoms with E-state index in [-0.39, 0.29) is 11.6 Å². The Bertz CT molecular complexity index is 826. The molecule has 3 rings (SSSR count). The average molecular weight is 333 g/mol.